The Labute approximate surface area is 187 Å². The van der Waals surface area contributed by atoms with Crippen LogP contribution in [0, 0.1) is 0 Å². The van der Waals surface area contributed by atoms with Crippen LogP contribution < -0.4 is 14.4 Å². The summed E-state index contributed by atoms with van der Waals surface area (Å²) >= 11 is 5.89. The molecule has 0 unspecified atom stereocenters. The molecular formula is C22H17ClN2O7. The number of amides is 3. The van der Waals surface area contributed by atoms with Gasteiger partial charge in [0.25, 0.3) is 5.91 Å². The number of carboxylic acid groups (broad SMARTS) is 1. The fourth-order valence-corrected chi connectivity index (χ4v) is 3.66. The van der Waals surface area contributed by atoms with Crippen LogP contribution >= 0.6 is 11.6 Å². The summed E-state index contributed by atoms with van der Waals surface area (Å²) in [4.78, 5) is 51.7. The van der Waals surface area contributed by atoms with Crippen LogP contribution in [-0.4, -0.2) is 46.5 Å². The van der Waals surface area contributed by atoms with Crippen LogP contribution in [0.5, 0.6) is 11.5 Å². The Morgan fingerprint density at radius 3 is 2.53 bits per heavy atom. The summed E-state index contributed by atoms with van der Waals surface area (Å²) < 4.78 is 10.6. The van der Waals surface area contributed by atoms with Crippen molar-refractivity contribution in [2.24, 2.45) is 0 Å². The van der Waals surface area contributed by atoms with Crippen molar-refractivity contribution < 1.29 is 33.8 Å². The molecule has 4 rings (SSSR count). The van der Waals surface area contributed by atoms with E-state index in [1.165, 1.54) is 17.0 Å². The number of ether oxygens (including phenoxy) is 2. The quantitative estimate of drug-likeness (QED) is 0.524. The monoisotopic (exact) mass is 456 g/mol. The maximum absolute atomic E-state index is 13.2. The molecule has 2 aliphatic rings. The minimum atomic E-state index is -1.31. The zero-order valence-electron chi connectivity index (χ0n) is 16.6. The van der Waals surface area contributed by atoms with Gasteiger partial charge in [-0.2, -0.15) is 0 Å². The van der Waals surface area contributed by atoms with Crippen molar-refractivity contribution in [3.05, 3.63) is 65.2 Å². The number of rotatable bonds is 6. The first-order chi connectivity index (χ1) is 15.3. The van der Waals surface area contributed by atoms with Gasteiger partial charge in [-0.25, -0.2) is 9.69 Å². The Hall–Kier alpha value is -3.85. The lowest BCUT2D eigenvalue weighted by atomic mass is 10.1. The van der Waals surface area contributed by atoms with Gasteiger partial charge < -0.3 is 19.5 Å². The molecule has 1 N–H and O–H groups in total. The van der Waals surface area contributed by atoms with Gasteiger partial charge >= 0.3 is 5.97 Å². The number of benzene rings is 2. The van der Waals surface area contributed by atoms with Gasteiger partial charge in [0.1, 0.15) is 6.04 Å². The highest BCUT2D eigenvalue weighted by Crippen LogP contribution is 2.34. The van der Waals surface area contributed by atoms with Crippen LogP contribution in [0.15, 0.2) is 54.6 Å². The smallest absolute Gasteiger partial charge is 0.328 e. The summed E-state index contributed by atoms with van der Waals surface area (Å²) in [7, 11) is 0. The number of anilines is 1. The van der Waals surface area contributed by atoms with Crippen molar-refractivity contribution >= 4 is 41.0 Å². The van der Waals surface area contributed by atoms with E-state index in [9.17, 15) is 19.2 Å². The molecule has 3 amide bonds. The van der Waals surface area contributed by atoms with Crippen molar-refractivity contribution in [2.75, 3.05) is 11.7 Å². The van der Waals surface area contributed by atoms with Crippen LogP contribution in [0.2, 0.25) is 5.02 Å². The SMILES string of the molecule is O=C(O)/C=C/C(=O)N(Cc1ccc2c(c1)OCO2)[C@H]1CC(=O)N(c2ccc(Cl)cc2)C1=O. The molecule has 0 radical (unpaired) electrons. The molecule has 0 spiro atoms. The Morgan fingerprint density at radius 1 is 1.09 bits per heavy atom. The van der Waals surface area contributed by atoms with Gasteiger partial charge in [-0.05, 0) is 42.0 Å². The van der Waals surface area contributed by atoms with Crippen molar-refractivity contribution in [3.63, 3.8) is 0 Å². The Bertz CT molecular complexity index is 1130. The van der Waals surface area contributed by atoms with Crippen molar-refractivity contribution in [2.45, 2.75) is 19.0 Å². The molecule has 164 valence electrons. The first-order valence-electron chi connectivity index (χ1n) is 9.56. The molecule has 1 saturated heterocycles. The average molecular weight is 457 g/mol. The first kappa shape index (κ1) is 21.4. The number of nitrogens with zero attached hydrogens (tertiary/aromatic N) is 2. The second-order valence-electron chi connectivity index (χ2n) is 7.09. The molecule has 10 heteroatoms. The number of hydrogen-bond acceptors (Lipinski definition) is 6. The lowest BCUT2D eigenvalue weighted by molar-refractivity contribution is -0.135. The Morgan fingerprint density at radius 2 is 1.81 bits per heavy atom. The van der Waals surface area contributed by atoms with Gasteiger partial charge in [0.15, 0.2) is 11.5 Å². The van der Waals surface area contributed by atoms with E-state index >= 15 is 0 Å². The summed E-state index contributed by atoms with van der Waals surface area (Å²) in [6, 6.07) is 10.1. The second kappa shape index (κ2) is 8.72. The van der Waals surface area contributed by atoms with Crippen LogP contribution in [0.3, 0.4) is 0 Å². The third-order valence-corrected chi connectivity index (χ3v) is 5.28. The van der Waals surface area contributed by atoms with E-state index in [0.717, 1.165) is 11.0 Å². The van der Waals surface area contributed by atoms with E-state index in [4.69, 9.17) is 26.2 Å². The lowest BCUT2D eigenvalue weighted by Crippen LogP contribution is -2.44. The lowest BCUT2D eigenvalue weighted by Gasteiger charge is -2.26. The Balaban J connectivity index is 1.64. The minimum Gasteiger partial charge on any atom is -0.478 e. The van der Waals surface area contributed by atoms with Gasteiger partial charge in [0, 0.05) is 23.7 Å². The molecule has 1 atom stereocenters. The molecule has 0 aliphatic carbocycles. The van der Waals surface area contributed by atoms with Gasteiger partial charge in [-0.3, -0.25) is 14.4 Å². The molecule has 1 fully saturated rings. The molecule has 2 aromatic carbocycles. The fourth-order valence-electron chi connectivity index (χ4n) is 3.54. The van der Waals surface area contributed by atoms with Crippen molar-refractivity contribution in [1.29, 1.82) is 0 Å². The highest BCUT2D eigenvalue weighted by molar-refractivity contribution is 6.31. The molecule has 0 bridgehead atoms. The van der Waals surface area contributed by atoms with E-state index in [-0.39, 0.29) is 19.8 Å². The maximum Gasteiger partial charge on any atom is 0.328 e. The Kier molecular flexibility index (Phi) is 5.83. The molecule has 2 aromatic rings. The van der Waals surface area contributed by atoms with Crippen LogP contribution in [0.4, 0.5) is 5.69 Å². The summed E-state index contributed by atoms with van der Waals surface area (Å²) in [5.41, 5.74) is 0.958. The largest absolute Gasteiger partial charge is 0.478 e. The van der Waals surface area contributed by atoms with Gasteiger partial charge in [-0.15, -0.1) is 0 Å². The van der Waals surface area contributed by atoms with E-state index in [1.807, 2.05) is 0 Å². The van der Waals surface area contributed by atoms with E-state index in [2.05, 4.69) is 0 Å². The molecule has 0 saturated carbocycles. The predicted octanol–water partition coefficient (Wildman–Crippen LogP) is 2.37. The highest BCUT2D eigenvalue weighted by atomic mass is 35.5. The zero-order chi connectivity index (χ0) is 22.8. The topological polar surface area (TPSA) is 113 Å². The van der Waals surface area contributed by atoms with Crippen LogP contribution in [0.25, 0.3) is 0 Å². The maximum atomic E-state index is 13.2. The molecular weight excluding hydrogens is 440 g/mol. The fraction of sp³-hybridized carbons (Fsp3) is 0.182. The summed E-state index contributed by atoms with van der Waals surface area (Å²) in [6.45, 7) is 0.0338. The minimum absolute atomic E-state index is 0.0441. The van der Waals surface area contributed by atoms with E-state index in [0.29, 0.717) is 33.8 Å². The molecule has 32 heavy (non-hydrogen) atoms. The van der Waals surface area contributed by atoms with Gasteiger partial charge in [0.2, 0.25) is 18.6 Å². The average Bonchev–Trinajstić information content (AvgIpc) is 3.34. The molecule has 2 aliphatic heterocycles. The number of fused-ring (bicyclic) bond motifs is 1. The van der Waals surface area contributed by atoms with Crippen LogP contribution in [-0.2, 0) is 25.7 Å². The summed E-state index contributed by atoms with van der Waals surface area (Å²) in [5.74, 6) is -2.04. The van der Waals surface area contributed by atoms with Gasteiger partial charge in [0.05, 0.1) is 12.1 Å². The standard InChI is InChI=1S/C22H17ClN2O7/c23-14-2-4-15(5-3-14)25-20(27)10-16(22(25)30)24(19(26)7-8-21(28)29)11-13-1-6-17-18(9-13)32-12-31-17/h1-9,16H,10-12H2,(H,28,29)/b8-7+/t16-/m0/s1. The third-order valence-electron chi connectivity index (χ3n) is 5.03. The normalized spacial score (nSPS) is 17.3. The third kappa shape index (κ3) is 4.28. The first-order valence-corrected chi connectivity index (χ1v) is 9.94. The number of imide groups is 1. The number of halogens is 1. The van der Waals surface area contributed by atoms with Crippen LogP contribution in [0.1, 0.15) is 12.0 Å². The number of carboxylic acids is 1. The molecule has 0 aromatic heterocycles. The molecule has 9 nitrogen and oxygen atoms in total. The second-order valence-corrected chi connectivity index (χ2v) is 7.53. The summed E-state index contributed by atoms with van der Waals surface area (Å²) in [6.07, 6.45) is 1.31. The van der Waals surface area contributed by atoms with E-state index < -0.39 is 29.7 Å². The number of carbonyl (C=O) groups is 4. The number of carbonyl (C=O) groups excluding carboxylic acids is 3. The van der Waals surface area contributed by atoms with Crippen molar-refractivity contribution in [1.82, 2.24) is 4.90 Å². The molecule has 2 heterocycles. The highest BCUT2D eigenvalue weighted by Gasteiger charge is 2.44. The number of aliphatic carboxylic acids is 1. The number of hydrogen-bond donors (Lipinski definition) is 1. The van der Waals surface area contributed by atoms with E-state index in [1.54, 1.807) is 30.3 Å². The predicted molar refractivity (Wildman–Crippen MR) is 112 cm³/mol. The van der Waals surface area contributed by atoms with Gasteiger partial charge in [-0.1, -0.05) is 17.7 Å². The summed E-state index contributed by atoms with van der Waals surface area (Å²) in [5, 5.41) is 9.33. The van der Waals surface area contributed by atoms with Crippen molar-refractivity contribution in [3.8, 4) is 11.5 Å². The zero-order valence-corrected chi connectivity index (χ0v) is 17.3.